The van der Waals surface area contributed by atoms with Crippen molar-refractivity contribution < 1.29 is 4.74 Å². The van der Waals surface area contributed by atoms with Gasteiger partial charge in [0.1, 0.15) is 10.6 Å². The van der Waals surface area contributed by atoms with E-state index in [-0.39, 0.29) is 5.56 Å². The van der Waals surface area contributed by atoms with Crippen molar-refractivity contribution >= 4 is 33.7 Å². The fourth-order valence-corrected chi connectivity index (χ4v) is 4.34. The Bertz CT molecular complexity index is 989. The summed E-state index contributed by atoms with van der Waals surface area (Å²) >= 11 is 1.63. The van der Waals surface area contributed by atoms with Gasteiger partial charge in [-0.15, -0.1) is 11.3 Å². The highest BCUT2D eigenvalue weighted by atomic mass is 32.1. The maximum atomic E-state index is 12.4. The lowest BCUT2D eigenvalue weighted by atomic mass is 9.97. The summed E-state index contributed by atoms with van der Waals surface area (Å²) in [6.07, 6.45) is 6.03. The van der Waals surface area contributed by atoms with Gasteiger partial charge < -0.3 is 4.74 Å². The lowest BCUT2D eigenvalue weighted by molar-refractivity contribution is 0.415. The van der Waals surface area contributed by atoms with Crippen molar-refractivity contribution in [3.05, 3.63) is 50.6 Å². The second-order valence-electron chi connectivity index (χ2n) is 5.95. The standard InChI is InChI=1S/C18H18N4O2S/c1-24-12-8-6-11(7-9-12)10-19-22-18-20-16(23)15-13-4-2-3-5-14(13)25-17(15)21-18/h6-10H,2-5H2,1H3,(H2,20,21,22,23)/b19-10-. The highest BCUT2D eigenvalue weighted by Gasteiger charge is 2.19. The van der Waals surface area contributed by atoms with Gasteiger partial charge in [0.25, 0.3) is 5.56 Å². The second kappa shape index (κ2) is 6.68. The largest absolute Gasteiger partial charge is 0.497 e. The molecule has 1 aromatic carbocycles. The fraction of sp³-hybridized carbons (Fsp3) is 0.278. The zero-order valence-corrected chi connectivity index (χ0v) is 14.7. The number of hydrogen-bond donors (Lipinski definition) is 2. The first-order valence-corrected chi connectivity index (χ1v) is 9.04. The topological polar surface area (TPSA) is 79.4 Å². The van der Waals surface area contributed by atoms with Crippen LogP contribution in [0.5, 0.6) is 5.75 Å². The molecule has 1 aliphatic carbocycles. The summed E-state index contributed by atoms with van der Waals surface area (Å²) in [7, 11) is 1.63. The third-order valence-electron chi connectivity index (χ3n) is 4.32. The average molecular weight is 354 g/mol. The van der Waals surface area contributed by atoms with Crippen molar-refractivity contribution in [3.8, 4) is 5.75 Å². The Kier molecular flexibility index (Phi) is 4.23. The first-order chi connectivity index (χ1) is 12.2. The molecule has 0 saturated carbocycles. The molecule has 2 aromatic heterocycles. The van der Waals surface area contributed by atoms with Gasteiger partial charge in [-0.1, -0.05) is 0 Å². The molecular formula is C18H18N4O2S. The second-order valence-corrected chi connectivity index (χ2v) is 7.03. The molecule has 0 spiro atoms. The number of nitrogens with zero attached hydrogens (tertiary/aromatic N) is 2. The lowest BCUT2D eigenvalue weighted by Crippen LogP contribution is -2.12. The van der Waals surface area contributed by atoms with E-state index in [4.69, 9.17) is 4.74 Å². The SMILES string of the molecule is COc1ccc(/C=N\Nc2nc3sc4c(c3c(=O)[nH]2)CCCC4)cc1. The summed E-state index contributed by atoms with van der Waals surface area (Å²) in [4.78, 5) is 21.8. The van der Waals surface area contributed by atoms with E-state index in [0.29, 0.717) is 5.95 Å². The zero-order valence-electron chi connectivity index (χ0n) is 13.8. The summed E-state index contributed by atoms with van der Waals surface area (Å²) in [6.45, 7) is 0. The van der Waals surface area contributed by atoms with Crippen LogP contribution in [0.4, 0.5) is 5.95 Å². The van der Waals surface area contributed by atoms with Gasteiger partial charge in [-0.05, 0) is 61.1 Å². The molecule has 0 saturated heterocycles. The number of fused-ring (bicyclic) bond motifs is 3. The van der Waals surface area contributed by atoms with E-state index in [2.05, 4.69) is 20.5 Å². The van der Waals surface area contributed by atoms with Crippen LogP contribution in [0.1, 0.15) is 28.8 Å². The number of benzene rings is 1. The van der Waals surface area contributed by atoms with E-state index in [9.17, 15) is 4.79 Å². The quantitative estimate of drug-likeness (QED) is 0.556. The molecule has 0 atom stereocenters. The number of hydrazone groups is 1. The highest BCUT2D eigenvalue weighted by Crippen LogP contribution is 2.33. The molecule has 25 heavy (non-hydrogen) atoms. The number of rotatable bonds is 4. The minimum atomic E-state index is -0.0912. The van der Waals surface area contributed by atoms with E-state index < -0.39 is 0 Å². The number of aromatic amines is 1. The van der Waals surface area contributed by atoms with E-state index >= 15 is 0 Å². The van der Waals surface area contributed by atoms with E-state index in [0.717, 1.165) is 40.8 Å². The Morgan fingerprint density at radius 2 is 2.08 bits per heavy atom. The van der Waals surface area contributed by atoms with Gasteiger partial charge in [0, 0.05) is 4.88 Å². The van der Waals surface area contributed by atoms with Crippen molar-refractivity contribution in [2.24, 2.45) is 5.10 Å². The van der Waals surface area contributed by atoms with Crippen LogP contribution < -0.4 is 15.7 Å². The molecular weight excluding hydrogens is 336 g/mol. The molecule has 0 bridgehead atoms. The maximum Gasteiger partial charge on any atom is 0.261 e. The first kappa shape index (κ1) is 15.8. The molecule has 0 amide bonds. The van der Waals surface area contributed by atoms with Crippen LogP contribution in [0.2, 0.25) is 0 Å². The summed E-state index contributed by atoms with van der Waals surface area (Å²) in [5, 5.41) is 4.91. The molecule has 128 valence electrons. The Balaban J connectivity index is 1.57. The van der Waals surface area contributed by atoms with Crippen LogP contribution in [0.15, 0.2) is 34.2 Å². The molecule has 0 aliphatic heterocycles. The third kappa shape index (κ3) is 3.15. The monoisotopic (exact) mass is 354 g/mol. The maximum absolute atomic E-state index is 12.4. The molecule has 4 rings (SSSR count). The molecule has 3 aromatic rings. The zero-order chi connectivity index (χ0) is 17.2. The summed E-state index contributed by atoms with van der Waals surface area (Å²) in [5.74, 6) is 1.16. The highest BCUT2D eigenvalue weighted by molar-refractivity contribution is 7.18. The number of ether oxygens (including phenoxy) is 1. The third-order valence-corrected chi connectivity index (χ3v) is 5.51. The Morgan fingerprint density at radius 1 is 1.28 bits per heavy atom. The van der Waals surface area contributed by atoms with Gasteiger partial charge in [0.15, 0.2) is 0 Å². The van der Waals surface area contributed by atoms with Crippen molar-refractivity contribution in [3.63, 3.8) is 0 Å². The number of H-pyrrole nitrogens is 1. The van der Waals surface area contributed by atoms with Crippen LogP contribution in [0.25, 0.3) is 10.2 Å². The van der Waals surface area contributed by atoms with Crippen LogP contribution in [0, 0.1) is 0 Å². The van der Waals surface area contributed by atoms with Gasteiger partial charge in [-0.2, -0.15) is 5.10 Å². The van der Waals surface area contributed by atoms with E-state index in [1.54, 1.807) is 24.7 Å². The summed E-state index contributed by atoms with van der Waals surface area (Å²) in [5.41, 5.74) is 4.83. The molecule has 7 heteroatoms. The number of aryl methyl sites for hydroxylation is 2. The smallest absolute Gasteiger partial charge is 0.261 e. The minimum Gasteiger partial charge on any atom is -0.497 e. The van der Waals surface area contributed by atoms with E-state index in [1.807, 2.05) is 24.3 Å². The normalized spacial score (nSPS) is 14.0. The van der Waals surface area contributed by atoms with Crippen molar-refractivity contribution in [1.82, 2.24) is 9.97 Å². The van der Waals surface area contributed by atoms with Gasteiger partial charge in [0.2, 0.25) is 5.95 Å². The van der Waals surface area contributed by atoms with Crippen molar-refractivity contribution in [2.75, 3.05) is 12.5 Å². The molecule has 0 fully saturated rings. The van der Waals surface area contributed by atoms with Crippen LogP contribution in [-0.4, -0.2) is 23.3 Å². The summed E-state index contributed by atoms with van der Waals surface area (Å²) < 4.78 is 5.12. The number of nitrogens with one attached hydrogen (secondary N) is 2. The molecule has 1 aliphatic rings. The number of thiophene rings is 1. The minimum absolute atomic E-state index is 0.0912. The van der Waals surface area contributed by atoms with Crippen LogP contribution in [0.3, 0.4) is 0 Å². The molecule has 0 radical (unpaired) electrons. The lowest BCUT2D eigenvalue weighted by Gasteiger charge is -2.09. The summed E-state index contributed by atoms with van der Waals surface area (Å²) in [6, 6.07) is 7.53. The predicted molar refractivity (Wildman–Crippen MR) is 101 cm³/mol. The Morgan fingerprint density at radius 3 is 2.88 bits per heavy atom. The van der Waals surface area contributed by atoms with Crippen LogP contribution >= 0.6 is 11.3 Å². The number of methoxy groups -OCH3 is 1. The average Bonchev–Trinajstić information content (AvgIpc) is 3.01. The van der Waals surface area contributed by atoms with Gasteiger partial charge in [0.05, 0.1) is 18.7 Å². The molecule has 2 heterocycles. The fourth-order valence-electron chi connectivity index (χ4n) is 3.07. The molecule has 0 unspecified atom stereocenters. The number of aromatic nitrogens is 2. The Labute approximate surface area is 148 Å². The van der Waals surface area contributed by atoms with Crippen LogP contribution in [-0.2, 0) is 12.8 Å². The van der Waals surface area contributed by atoms with Gasteiger partial charge >= 0.3 is 0 Å². The first-order valence-electron chi connectivity index (χ1n) is 8.22. The van der Waals surface area contributed by atoms with Gasteiger partial charge in [-0.3, -0.25) is 9.78 Å². The van der Waals surface area contributed by atoms with Crippen molar-refractivity contribution in [2.45, 2.75) is 25.7 Å². The van der Waals surface area contributed by atoms with Crippen molar-refractivity contribution in [1.29, 1.82) is 0 Å². The predicted octanol–water partition coefficient (Wildman–Crippen LogP) is 3.32. The Hall–Kier alpha value is -2.67. The molecule has 2 N–H and O–H groups in total. The van der Waals surface area contributed by atoms with E-state index in [1.165, 1.54) is 16.9 Å². The number of anilines is 1. The molecule has 6 nitrogen and oxygen atoms in total. The van der Waals surface area contributed by atoms with Gasteiger partial charge in [-0.25, -0.2) is 10.4 Å². The number of hydrogen-bond acceptors (Lipinski definition) is 6.